The SMILES string of the molecule is Nc1nc(-c2cccc3ccccc23)c2[nH]cnc2n1. The van der Waals surface area contributed by atoms with Crippen LogP contribution in [0.4, 0.5) is 5.95 Å². The molecule has 3 N–H and O–H groups in total. The highest BCUT2D eigenvalue weighted by Crippen LogP contribution is 2.30. The molecule has 0 bridgehead atoms. The van der Waals surface area contributed by atoms with E-state index >= 15 is 0 Å². The van der Waals surface area contributed by atoms with Crippen LogP contribution in [-0.4, -0.2) is 19.9 Å². The van der Waals surface area contributed by atoms with Crippen LogP contribution < -0.4 is 5.73 Å². The lowest BCUT2D eigenvalue weighted by atomic mass is 10.0. The number of fused-ring (bicyclic) bond motifs is 2. The van der Waals surface area contributed by atoms with Crippen molar-refractivity contribution in [3.05, 3.63) is 48.8 Å². The molecule has 0 aliphatic carbocycles. The number of H-pyrrole nitrogens is 1. The molecule has 5 nitrogen and oxygen atoms in total. The first kappa shape index (κ1) is 10.9. The number of aromatic amines is 1. The minimum Gasteiger partial charge on any atom is -0.368 e. The van der Waals surface area contributed by atoms with Gasteiger partial charge in [0.15, 0.2) is 5.65 Å². The van der Waals surface area contributed by atoms with Crippen molar-refractivity contribution >= 4 is 27.9 Å². The van der Waals surface area contributed by atoms with Crippen LogP contribution in [-0.2, 0) is 0 Å². The number of hydrogen-bond acceptors (Lipinski definition) is 4. The highest BCUT2D eigenvalue weighted by Gasteiger charge is 2.12. The molecule has 0 aliphatic rings. The summed E-state index contributed by atoms with van der Waals surface area (Å²) >= 11 is 0. The van der Waals surface area contributed by atoms with Crippen LogP contribution in [0.1, 0.15) is 0 Å². The zero-order chi connectivity index (χ0) is 13.5. The van der Waals surface area contributed by atoms with Gasteiger partial charge in [0.2, 0.25) is 5.95 Å². The van der Waals surface area contributed by atoms with Gasteiger partial charge < -0.3 is 10.7 Å². The van der Waals surface area contributed by atoms with Gasteiger partial charge in [0.05, 0.1) is 6.33 Å². The van der Waals surface area contributed by atoms with Crippen molar-refractivity contribution < 1.29 is 0 Å². The molecule has 0 saturated carbocycles. The summed E-state index contributed by atoms with van der Waals surface area (Å²) in [6, 6.07) is 14.3. The maximum absolute atomic E-state index is 5.79. The lowest BCUT2D eigenvalue weighted by Crippen LogP contribution is -1.98. The van der Waals surface area contributed by atoms with Gasteiger partial charge in [-0.05, 0) is 10.8 Å². The quantitative estimate of drug-likeness (QED) is 0.552. The average Bonchev–Trinajstić information content (AvgIpc) is 2.94. The lowest BCUT2D eigenvalue weighted by molar-refractivity contribution is 1.22. The molecule has 2 heterocycles. The number of nitrogens with zero attached hydrogens (tertiary/aromatic N) is 3. The Morgan fingerprint density at radius 2 is 1.80 bits per heavy atom. The van der Waals surface area contributed by atoms with Gasteiger partial charge in [0.25, 0.3) is 0 Å². The molecule has 96 valence electrons. The molecule has 0 unspecified atom stereocenters. The zero-order valence-electron chi connectivity index (χ0n) is 10.5. The fourth-order valence-corrected chi connectivity index (χ4v) is 2.48. The Bertz CT molecular complexity index is 921. The Morgan fingerprint density at radius 1 is 0.950 bits per heavy atom. The van der Waals surface area contributed by atoms with Crippen molar-refractivity contribution in [1.29, 1.82) is 0 Å². The monoisotopic (exact) mass is 261 g/mol. The maximum atomic E-state index is 5.79. The summed E-state index contributed by atoms with van der Waals surface area (Å²) in [4.78, 5) is 15.8. The molecule has 4 aromatic rings. The molecule has 0 radical (unpaired) electrons. The molecule has 0 fully saturated rings. The van der Waals surface area contributed by atoms with E-state index in [1.807, 2.05) is 24.3 Å². The van der Waals surface area contributed by atoms with Crippen LogP contribution in [0.3, 0.4) is 0 Å². The van der Waals surface area contributed by atoms with E-state index in [1.54, 1.807) is 6.33 Å². The molecule has 4 rings (SSSR count). The van der Waals surface area contributed by atoms with Crippen molar-refractivity contribution in [1.82, 2.24) is 19.9 Å². The Hall–Kier alpha value is -2.95. The summed E-state index contributed by atoms with van der Waals surface area (Å²) in [5.41, 5.74) is 8.97. The number of anilines is 1. The van der Waals surface area contributed by atoms with E-state index in [2.05, 4.69) is 38.1 Å². The third kappa shape index (κ3) is 1.53. The van der Waals surface area contributed by atoms with Gasteiger partial charge in [-0.1, -0.05) is 42.5 Å². The Labute approximate surface area is 114 Å². The second kappa shape index (κ2) is 4.03. The molecule has 0 atom stereocenters. The molecular formula is C15H11N5. The van der Waals surface area contributed by atoms with Crippen molar-refractivity contribution in [3.63, 3.8) is 0 Å². The van der Waals surface area contributed by atoms with Crippen LogP contribution >= 0.6 is 0 Å². The number of aromatic nitrogens is 4. The second-order valence-electron chi connectivity index (χ2n) is 4.56. The molecule has 2 aromatic heterocycles. The minimum atomic E-state index is 0.229. The fraction of sp³-hybridized carbons (Fsp3) is 0. The second-order valence-corrected chi connectivity index (χ2v) is 4.56. The number of nitrogens with one attached hydrogen (secondary N) is 1. The molecule has 2 aromatic carbocycles. The van der Waals surface area contributed by atoms with Crippen molar-refractivity contribution in [2.24, 2.45) is 0 Å². The van der Waals surface area contributed by atoms with Crippen molar-refractivity contribution in [2.45, 2.75) is 0 Å². The summed E-state index contributed by atoms with van der Waals surface area (Å²) in [7, 11) is 0. The van der Waals surface area contributed by atoms with E-state index in [0.29, 0.717) is 5.65 Å². The van der Waals surface area contributed by atoms with E-state index in [-0.39, 0.29) is 5.95 Å². The first-order chi connectivity index (χ1) is 9.83. The standard InChI is InChI=1S/C15H11N5/c16-15-19-12(13-14(20-15)18-8-17-13)11-7-3-5-9-4-1-2-6-10(9)11/h1-8H,(H3,16,17,18,19,20). The summed E-state index contributed by atoms with van der Waals surface area (Å²) in [5.74, 6) is 0.229. The number of rotatable bonds is 1. The van der Waals surface area contributed by atoms with Gasteiger partial charge in [0.1, 0.15) is 11.2 Å². The molecule has 0 aliphatic heterocycles. The minimum absolute atomic E-state index is 0.229. The maximum Gasteiger partial charge on any atom is 0.222 e. The van der Waals surface area contributed by atoms with Crippen LogP contribution in [0.5, 0.6) is 0 Å². The van der Waals surface area contributed by atoms with Crippen LogP contribution in [0.25, 0.3) is 33.2 Å². The Kier molecular flexibility index (Phi) is 2.20. The molecule has 5 heteroatoms. The smallest absolute Gasteiger partial charge is 0.222 e. The Morgan fingerprint density at radius 3 is 2.75 bits per heavy atom. The van der Waals surface area contributed by atoms with Gasteiger partial charge in [-0.3, -0.25) is 0 Å². The summed E-state index contributed by atoms with van der Waals surface area (Å²) in [6.45, 7) is 0. The number of imidazole rings is 1. The van der Waals surface area contributed by atoms with Gasteiger partial charge in [-0.15, -0.1) is 0 Å². The van der Waals surface area contributed by atoms with Crippen LogP contribution in [0.15, 0.2) is 48.8 Å². The third-order valence-electron chi connectivity index (χ3n) is 3.35. The summed E-state index contributed by atoms with van der Waals surface area (Å²) in [6.07, 6.45) is 1.60. The topological polar surface area (TPSA) is 80.5 Å². The zero-order valence-corrected chi connectivity index (χ0v) is 10.5. The highest BCUT2D eigenvalue weighted by molar-refractivity contribution is 6.01. The third-order valence-corrected chi connectivity index (χ3v) is 3.35. The van der Waals surface area contributed by atoms with E-state index < -0.39 is 0 Å². The van der Waals surface area contributed by atoms with E-state index in [0.717, 1.165) is 27.5 Å². The first-order valence-electron chi connectivity index (χ1n) is 6.27. The van der Waals surface area contributed by atoms with Gasteiger partial charge in [-0.2, -0.15) is 4.98 Å². The Balaban J connectivity index is 2.14. The molecule has 0 spiro atoms. The number of hydrogen-bond donors (Lipinski definition) is 2. The summed E-state index contributed by atoms with van der Waals surface area (Å²) in [5, 5.41) is 2.29. The average molecular weight is 261 g/mol. The lowest BCUT2D eigenvalue weighted by Gasteiger charge is -2.07. The predicted molar refractivity (Wildman–Crippen MR) is 79.0 cm³/mol. The van der Waals surface area contributed by atoms with Crippen molar-refractivity contribution in [2.75, 3.05) is 5.73 Å². The molecule has 0 amide bonds. The van der Waals surface area contributed by atoms with Crippen LogP contribution in [0, 0.1) is 0 Å². The highest BCUT2D eigenvalue weighted by atomic mass is 15.1. The number of benzene rings is 2. The molecular weight excluding hydrogens is 250 g/mol. The molecule has 20 heavy (non-hydrogen) atoms. The first-order valence-corrected chi connectivity index (χ1v) is 6.27. The van der Waals surface area contributed by atoms with Gasteiger partial charge in [0, 0.05) is 5.56 Å². The predicted octanol–water partition coefficient (Wildman–Crippen LogP) is 2.76. The van der Waals surface area contributed by atoms with Gasteiger partial charge >= 0.3 is 0 Å². The number of nitrogens with two attached hydrogens (primary N) is 1. The summed E-state index contributed by atoms with van der Waals surface area (Å²) < 4.78 is 0. The van der Waals surface area contributed by atoms with E-state index in [9.17, 15) is 0 Å². The van der Waals surface area contributed by atoms with Crippen molar-refractivity contribution in [3.8, 4) is 11.3 Å². The largest absolute Gasteiger partial charge is 0.368 e. The normalized spacial score (nSPS) is 11.2. The van der Waals surface area contributed by atoms with Gasteiger partial charge in [-0.25, -0.2) is 9.97 Å². The molecule has 0 saturated heterocycles. The van der Waals surface area contributed by atoms with Crippen LogP contribution in [0.2, 0.25) is 0 Å². The van der Waals surface area contributed by atoms with E-state index in [4.69, 9.17) is 5.73 Å². The number of nitrogen functional groups attached to an aromatic ring is 1. The van der Waals surface area contributed by atoms with E-state index in [1.165, 1.54) is 0 Å². The fourth-order valence-electron chi connectivity index (χ4n) is 2.48.